The number of anilines is 2. The second kappa shape index (κ2) is 10.4. The number of para-hydroxylation sites is 1. The van der Waals surface area contributed by atoms with E-state index in [2.05, 4.69) is 16.0 Å². The molecular weight excluding hydrogens is 359 g/mol. The van der Waals surface area contributed by atoms with Crippen LogP contribution in [0, 0.1) is 0 Å². The third-order valence-corrected chi connectivity index (χ3v) is 3.47. The number of amidine groups is 1. The summed E-state index contributed by atoms with van der Waals surface area (Å²) in [5.74, 6) is 5.23. The van der Waals surface area contributed by atoms with Gasteiger partial charge in [0, 0.05) is 16.9 Å². The van der Waals surface area contributed by atoms with Crippen molar-refractivity contribution < 1.29 is 18.3 Å². The lowest BCUT2D eigenvalue weighted by Gasteiger charge is -2.12. The zero-order valence-corrected chi connectivity index (χ0v) is 15.1. The van der Waals surface area contributed by atoms with E-state index in [1.807, 2.05) is 6.92 Å². The third-order valence-electron chi connectivity index (χ3n) is 3.47. The Bertz CT molecular complexity index is 731. The van der Waals surface area contributed by atoms with Crippen molar-refractivity contribution in [2.45, 2.75) is 32.5 Å². The molecule has 2 aromatic carbocycles. The zero-order chi connectivity index (χ0) is 20.4. The first-order valence-electron chi connectivity index (χ1n) is 8.19. The molecule has 0 radical (unpaired) electrons. The number of halogens is 3. The van der Waals surface area contributed by atoms with E-state index in [1.54, 1.807) is 31.2 Å². The normalized spacial score (nSPS) is 12.6. The molecule has 0 aliphatic rings. The van der Waals surface area contributed by atoms with Gasteiger partial charge >= 0.3 is 6.18 Å². The lowest BCUT2D eigenvalue weighted by atomic mass is 10.1. The lowest BCUT2D eigenvalue weighted by Crippen LogP contribution is -2.23. The molecule has 0 amide bonds. The van der Waals surface area contributed by atoms with Crippen LogP contribution in [0.2, 0.25) is 0 Å². The van der Waals surface area contributed by atoms with E-state index < -0.39 is 11.7 Å². The summed E-state index contributed by atoms with van der Waals surface area (Å²) in [7, 11) is 0. The molecule has 1 unspecified atom stereocenters. The van der Waals surface area contributed by atoms with Crippen LogP contribution in [0.4, 0.5) is 24.5 Å². The van der Waals surface area contributed by atoms with E-state index in [0.717, 1.165) is 18.6 Å². The summed E-state index contributed by atoms with van der Waals surface area (Å²) >= 11 is 0. The summed E-state index contributed by atoms with van der Waals surface area (Å²) < 4.78 is 37.6. The van der Waals surface area contributed by atoms with Gasteiger partial charge in [-0.25, -0.2) is 11.4 Å². The van der Waals surface area contributed by atoms with E-state index in [4.69, 9.17) is 16.7 Å². The van der Waals surface area contributed by atoms with Crippen LogP contribution in [0.5, 0.6) is 0 Å². The minimum atomic E-state index is -4.36. The zero-order valence-electron chi connectivity index (χ0n) is 15.1. The number of hydrogen-bond donors (Lipinski definition) is 5. The van der Waals surface area contributed by atoms with Gasteiger partial charge in [-0.05, 0) is 49.7 Å². The summed E-state index contributed by atoms with van der Waals surface area (Å²) in [6.45, 7) is 3.73. The standard InChI is InChI=1S/C14H14F3N5.C4H10O/c15-14(16,17)9-5-7-10(8-6-9)20-12-4-2-1-3-11(12)13(18)21-22-19;1-3-4(2)5/h1-8,20,22H,19H2,(H2,18,21);4-5H,3H2,1-2H3. The van der Waals surface area contributed by atoms with Gasteiger partial charge in [0.2, 0.25) is 0 Å². The predicted octanol–water partition coefficient (Wildman–Crippen LogP) is 3.31. The Hall–Kier alpha value is -2.78. The van der Waals surface area contributed by atoms with Crippen LogP contribution >= 0.6 is 0 Å². The van der Waals surface area contributed by atoms with Crippen LogP contribution in [-0.4, -0.2) is 17.0 Å². The van der Waals surface area contributed by atoms with Crippen molar-refractivity contribution in [2.75, 3.05) is 5.32 Å². The summed E-state index contributed by atoms with van der Waals surface area (Å²) in [6.07, 6.45) is -3.62. The van der Waals surface area contributed by atoms with Gasteiger partial charge in [-0.15, -0.1) is 5.10 Å². The number of hydrogen-bond acceptors (Lipinski definition) is 5. The van der Waals surface area contributed by atoms with Crippen LogP contribution < -0.4 is 22.4 Å². The molecule has 6 nitrogen and oxygen atoms in total. The molecule has 2 aromatic rings. The van der Waals surface area contributed by atoms with Gasteiger partial charge in [-0.3, -0.25) is 0 Å². The van der Waals surface area contributed by atoms with Gasteiger partial charge in [0.1, 0.15) is 0 Å². The number of benzene rings is 2. The first-order chi connectivity index (χ1) is 12.7. The van der Waals surface area contributed by atoms with E-state index in [1.165, 1.54) is 12.1 Å². The first kappa shape index (κ1) is 22.3. The number of nitrogens with zero attached hydrogens (tertiary/aromatic N) is 1. The number of alkyl halides is 3. The van der Waals surface area contributed by atoms with Gasteiger partial charge in [0.25, 0.3) is 0 Å². The fourth-order valence-electron chi connectivity index (χ4n) is 1.84. The number of hydrazone groups is 1. The van der Waals surface area contributed by atoms with Crippen molar-refractivity contribution in [3.8, 4) is 0 Å². The lowest BCUT2D eigenvalue weighted by molar-refractivity contribution is -0.137. The fraction of sp³-hybridized carbons (Fsp3) is 0.278. The van der Waals surface area contributed by atoms with Gasteiger partial charge in [0.15, 0.2) is 5.84 Å². The summed E-state index contributed by atoms with van der Waals surface area (Å²) in [5.41, 5.74) is 8.80. The third kappa shape index (κ3) is 7.55. The molecule has 0 heterocycles. The molecule has 0 aromatic heterocycles. The van der Waals surface area contributed by atoms with Gasteiger partial charge < -0.3 is 16.2 Å². The smallest absolute Gasteiger partial charge is 0.393 e. The highest BCUT2D eigenvalue weighted by atomic mass is 19.4. The molecule has 9 heteroatoms. The highest BCUT2D eigenvalue weighted by Crippen LogP contribution is 2.30. The average Bonchev–Trinajstić information content (AvgIpc) is 2.62. The van der Waals surface area contributed by atoms with E-state index >= 15 is 0 Å². The topological polar surface area (TPSA) is 109 Å². The fourth-order valence-corrected chi connectivity index (χ4v) is 1.84. The molecule has 27 heavy (non-hydrogen) atoms. The molecule has 0 saturated heterocycles. The van der Waals surface area contributed by atoms with Gasteiger partial charge in [0.05, 0.1) is 11.7 Å². The van der Waals surface area contributed by atoms with Crippen LogP contribution in [0.1, 0.15) is 31.4 Å². The molecule has 0 spiro atoms. The SMILES string of the molecule is CCC(C)O.NN/N=C(\N)c1ccccc1Nc1ccc(C(F)(F)F)cc1. The molecule has 0 fully saturated rings. The highest BCUT2D eigenvalue weighted by Gasteiger charge is 2.29. The van der Waals surface area contributed by atoms with Crippen molar-refractivity contribution in [2.24, 2.45) is 16.7 Å². The molecule has 148 valence electrons. The van der Waals surface area contributed by atoms with E-state index in [9.17, 15) is 13.2 Å². The summed E-state index contributed by atoms with van der Waals surface area (Å²) in [5, 5.41) is 15.0. The first-order valence-corrected chi connectivity index (χ1v) is 8.19. The molecule has 7 N–H and O–H groups in total. The summed E-state index contributed by atoms with van der Waals surface area (Å²) in [4.78, 5) is 0. The predicted molar refractivity (Wildman–Crippen MR) is 101 cm³/mol. The molecule has 0 aliphatic carbocycles. The average molecular weight is 383 g/mol. The van der Waals surface area contributed by atoms with Gasteiger partial charge in [-0.1, -0.05) is 19.1 Å². The maximum Gasteiger partial charge on any atom is 0.416 e. The van der Waals surface area contributed by atoms with Crippen LogP contribution in [0.15, 0.2) is 53.6 Å². The summed E-state index contributed by atoms with van der Waals surface area (Å²) in [6, 6.07) is 11.6. The van der Waals surface area contributed by atoms with E-state index in [-0.39, 0.29) is 11.9 Å². The minimum Gasteiger partial charge on any atom is -0.393 e. The van der Waals surface area contributed by atoms with E-state index in [0.29, 0.717) is 16.9 Å². The monoisotopic (exact) mass is 383 g/mol. The number of rotatable bonds is 5. The van der Waals surface area contributed by atoms with Crippen molar-refractivity contribution in [3.63, 3.8) is 0 Å². The van der Waals surface area contributed by atoms with Crippen molar-refractivity contribution in [3.05, 3.63) is 59.7 Å². The maximum atomic E-state index is 12.5. The van der Waals surface area contributed by atoms with Crippen molar-refractivity contribution in [1.82, 2.24) is 5.53 Å². The Morgan fingerprint density at radius 2 is 1.70 bits per heavy atom. The van der Waals surface area contributed by atoms with Crippen LogP contribution in [0.25, 0.3) is 0 Å². The molecule has 1 atom stereocenters. The number of aliphatic hydroxyl groups is 1. The largest absolute Gasteiger partial charge is 0.416 e. The number of aliphatic hydroxyl groups excluding tert-OH is 1. The second-order valence-corrected chi connectivity index (χ2v) is 5.63. The minimum absolute atomic E-state index is 0.116. The Balaban J connectivity index is 0.000000646. The molecular formula is C18H24F3N5O. The van der Waals surface area contributed by atoms with Crippen LogP contribution in [-0.2, 0) is 6.18 Å². The molecule has 2 rings (SSSR count). The number of nitrogens with one attached hydrogen (secondary N) is 2. The molecule has 0 saturated carbocycles. The van der Waals surface area contributed by atoms with Crippen molar-refractivity contribution >= 4 is 17.2 Å². The quantitative estimate of drug-likeness (QED) is 0.236. The molecule has 0 aliphatic heterocycles. The Labute approximate surface area is 156 Å². The van der Waals surface area contributed by atoms with Gasteiger partial charge in [-0.2, -0.15) is 13.2 Å². The molecule has 0 bridgehead atoms. The second-order valence-electron chi connectivity index (χ2n) is 5.63. The van der Waals surface area contributed by atoms with Crippen molar-refractivity contribution in [1.29, 1.82) is 0 Å². The number of hydrazine groups is 1. The maximum absolute atomic E-state index is 12.5. The highest BCUT2D eigenvalue weighted by molar-refractivity contribution is 6.02. The number of nitrogens with two attached hydrogens (primary N) is 2. The van der Waals surface area contributed by atoms with Crippen LogP contribution in [0.3, 0.4) is 0 Å². The Morgan fingerprint density at radius 1 is 1.15 bits per heavy atom. The Morgan fingerprint density at radius 3 is 2.19 bits per heavy atom. The Kier molecular flexibility index (Phi) is 8.57.